The predicted octanol–water partition coefficient (Wildman–Crippen LogP) is 0.405. The second-order valence-electron chi connectivity index (χ2n) is 4.05. The van der Waals surface area contributed by atoms with Crippen molar-refractivity contribution in [2.75, 3.05) is 13.6 Å². The smallest absolute Gasteiger partial charge is 0.144 e. The third kappa shape index (κ3) is 2.87. The molecule has 0 amide bonds. The topological polar surface area (TPSA) is 58.0 Å². The van der Waals surface area contributed by atoms with E-state index in [0.29, 0.717) is 16.9 Å². The molecule has 0 saturated heterocycles. The highest BCUT2D eigenvalue weighted by Gasteiger charge is 2.07. The molecule has 1 heterocycles. The first-order valence-corrected chi connectivity index (χ1v) is 5.77. The highest BCUT2D eigenvalue weighted by molar-refractivity contribution is 6.30. The summed E-state index contributed by atoms with van der Waals surface area (Å²) >= 11 is 0. The van der Waals surface area contributed by atoms with Crippen LogP contribution in [0.25, 0.3) is 11.3 Å². The maximum Gasteiger partial charge on any atom is 0.144 e. The molecule has 2 aromatic rings. The first-order valence-electron chi connectivity index (χ1n) is 5.77. The zero-order chi connectivity index (χ0) is 13.0. The van der Waals surface area contributed by atoms with Gasteiger partial charge in [-0.05, 0) is 49.8 Å². The number of rotatable bonds is 4. The van der Waals surface area contributed by atoms with E-state index in [0.717, 1.165) is 18.5 Å². The Balaban J connectivity index is 2.26. The molecule has 0 saturated carbocycles. The number of aromatic nitrogens is 2. The molecule has 90 valence electrons. The molecule has 5 heteroatoms. The van der Waals surface area contributed by atoms with E-state index >= 15 is 0 Å². The first-order chi connectivity index (χ1) is 8.70. The highest BCUT2D eigenvalue weighted by Crippen LogP contribution is 2.27. The van der Waals surface area contributed by atoms with Crippen molar-refractivity contribution in [1.82, 2.24) is 15.5 Å². The number of hydrogen-bond acceptors (Lipinski definition) is 4. The number of benzene rings is 1. The van der Waals surface area contributed by atoms with Crippen LogP contribution in [0.2, 0.25) is 0 Å². The van der Waals surface area contributed by atoms with Crippen molar-refractivity contribution in [2.24, 2.45) is 0 Å². The summed E-state index contributed by atoms with van der Waals surface area (Å²) in [5.41, 5.74) is 2.72. The number of hydrogen-bond donors (Lipinski definition) is 2. The van der Waals surface area contributed by atoms with Crippen LogP contribution in [0.1, 0.15) is 5.56 Å². The first kappa shape index (κ1) is 12.6. The van der Waals surface area contributed by atoms with Crippen LogP contribution in [0.5, 0.6) is 5.75 Å². The molecule has 2 radical (unpaired) electrons. The third-order valence-electron chi connectivity index (χ3n) is 2.69. The average molecular weight is 239 g/mol. The highest BCUT2D eigenvalue weighted by atomic mass is 16.3. The summed E-state index contributed by atoms with van der Waals surface area (Å²) in [6.45, 7) is 0.875. The Morgan fingerprint density at radius 3 is 2.67 bits per heavy atom. The Bertz CT molecular complexity index is 528. The van der Waals surface area contributed by atoms with Gasteiger partial charge in [0.15, 0.2) is 0 Å². The molecule has 0 atom stereocenters. The molecule has 0 aliphatic heterocycles. The molecule has 0 bridgehead atoms. The number of phenols is 1. The monoisotopic (exact) mass is 239 g/mol. The minimum absolute atomic E-state index is 0.211. The second kappa shape index (κ2) is 5.64. The van der Waals surface area contributed by atoms with Crippen LogP contribution in [0.3, 0.4) is 0 Å². The summed E-state index contributed by atoms with van der Waals surface area (Å²) in [7, 11) is 7.38. The minimum Gasteiger partial charge on any atom is -0.507 e. The molecule has 4 nitrogen and oxygen atoms in total. The van der Waals surface area contributed by atoms with Gasteiger partial charge < -0.3 is 10.4 Å². The summed E-state index contributed by atoms with van der Waals surface area (Å²) in [5.74, 6) is 0.211. The van der Waals surface area contributed by atoms with E-state index in [1.165, 1.54) is 0 Å². The van der Waals surface area contributed by atoms with Gasteiger partial charge >= 0.3 is 0 Å². The lowest BCUT2D eigenvalue weighted by molar-refractivity contribution is 0.476. The van der Waals surface area contributed by atoms with Crippen LogP contribution in [0, 0.1) is 0 Å². The Kier molecular flexibility index (Phi) is 3.94. The zero-order valence-corrected chi connectivity index (χ0v) is 10.2. The van der Waals surface area contributed by atoms with Crippen molar-refractivity contribution < 1.29 is 5.11 Å². The van der Waals surface area contributed by atoms with Gasteiger partial charge in [0.1, 0.15) is 13.6 Å². The van der Waals surface area contributed by atoms with Gasteiger partial charge in [0, 0.05) is 11.2 Å². The summed E-state index contributed by atoms with van der Waals surface area (Å²) in [6.07, 6.45) is 0.873. The van der Waals surface area contributed by atoms with E-state index in [1.807, 2.05) is 19.2 Å². The molecule has 18 heavy (non-hydrogen) atoms. The number of phenolic OH excluding ortho intramolecular Hbond substituents is 1. The fourth-order valence-electron chi connectivity index (χ4n) is 1.70. The van der Waals surface area contributed by atoms with Gasteiger partial charge in [-0.3, -0.25) is 0 Å². The van der Waals surface area contributed by atoms with Gasteiger partial charge in [0.05, 0.1) is 5.69 Å². The van der Waals surface area contributed by atoms with E-state index in [1.54, 1.807) is 18.2 Å². The maximum absolute atomic E-state index is 9.99. The van der Waals surface area contributed by atoms with E-state index in [2.05, 4.69) is 15.5 Å². The van der Waals surface area contributed by atoms with Crippen molar-refractivity contribution in [1.29, 1.82) is 0 Å². The Labute approximate surface area is 107 Å². The number of nitrogens with zero attached hydrogens (tertiary/aromatic N) is 2. The van der Waals surface area contributed by atoms with Gasteiger partial charge in [-0.25, -0.2) is 0 Å². The molecule has 0 fully saturated rings. The summed E-state index contributed by atoms with van der Waals surface area (Å²) in [6, 6.07) is 8.98. The SMILES string of the molecule is [B]c1ccc(-c2ccc(CCNC)cc2O)nn1. The van der Waals surface area contributed by atoms with Gasteiger partial charge in [-0.1, -0.05) is 6.07 Å². The van der Waals surface area contributed by atoms with Crippen LogP contribution < -0.4 is 10.9 Å². The lowest BCUT2D eigenvalue weighted by atomic mass is 10.0. The molecule has 2 N–H and O–H groups in total. The van der Waals surface area contributed by atoms with Crippen molar-refractivity contribution in [2.45, 2.75) is 6.42 Å². The number of aromatic hydroxyl groups is 1. The Hall–Kier alpha value is -1.88. The van der Waals surface area contributed by atoms with Crippen molar-refractivity contribution in [3.63, 3.8) is 0 Å². The second-order valence-corrected chi connectivity index (χ2v) is 4.05. The van der Waals surface area contributed by atoms with Crippen LogP contribution in [-0.4, -0.2) is 36.7 Å². The lowest BCUT2D eigenvalue weighted by Gasteiger charge is -2.06. The molecule has 0 aliphatic carbocycles. The van der Waals surface area contributed by atoms with E-state index in [9.17, 15) is 5.11 Å². The molecular formula is C13H14BN3O. The minimum atomic E-state index is 0.211. The van der Waals surface area contributed by atoms with Crippen molar-refractivity contribution in [3.05, 3.63) is 35.9 Å². The van der Waals surface area contributed by atoms with Crippen LogP contribution >= 0.6 is 0 Å². The summed E-state index contributed by atoms with van der Waals surface area (Å²) in [4.78, 5) is 0. The van der Waals surface area contributed by atoms with Gasteiger partial charge in [-0.2, -0.15) is 10.2 Å². The molecular weight excluding hydrogens is 225 g/mol. The van der Waals surface area contributed by atoms with E-state index in [4.69, 9.17) is 7.85 Å². The number of likely N-dealkylation sites (N-methyl/N-ethyl adjacent to an activating group) is 1. The van der Waals surface area contributed by atoms with Gasteiger partial charge in [0.25, 0.3) is 0 Å². The quantitative estimate of drug-likeness (QED) is 0.758. The normalized spacial score (nSPS) is 10.5. The maximum atomic E-state index is 9.99. The van der Waals surface area contributed by atoms with Crippen LogP contribution in [-0.2, 0) is 6.42 Å². The summed E-state index contributed by atoms with van der Waals surface area (Å²) in [5, 5.41) is 20.8. The van der Waals surface area contributed by atoms with Crippen molar-refractivity contribution >= 4 is 13.4 Å². The van der Waals surface area contributed by atoms with Gasteiger partial charge in [-0.15, -0.1) is 0 Å². The standard InChI is InChI=1S/C13H14BN3O/c1-15-7-6-9-2-3-10(12(18)8-9)11-4-5-13(14)17-16-11/h2-5,8,15,18H,6-7H2,1H3. The zero-order valence-electron chi connectivity index (χ0n) is 10.2. The Morgan fingerprint density at radius 2 is 2.06 bits per heavy atom. The Morgan fingerprint density at radius 1 is 1.22 bits per heavy atom. The lowest BCUT2D eigenvalue weighted by Crippen LogP contribution is -2.10. The van der Waals surface area contributed by atoms with Crippen LogP contribution in [0.4, 0.5) is 0 Å². The molecule has 1 aromatic heterocycles. The fraction of sp³-hybridized carbons (Fsp3) is 0.231. The van der Waals surface area contributed by atoms with Gasteiger partial charge in [0.2, 0.25) is 0 Å². The average Bonchev–Trinajstić information content (AvgIpc) is 2.38. The number of nitrogens with one attached hydrogen (secondary N) is 1. The molecule has 1 aromatic carbocycles. The molecule has 2 rings (SSSR count). The summed E-state index contributed by atoms with van der Waals surface area (Å²) < 4.78 is 0. The largest absolute Gasteiger partial charge is 0.507 e. The molecule has 0 aliphatic rings. The molecule has 0 unspecified atom stereocenters. The van der Waals surface area contributed by atoms with Crippen LogP contribution in [0.15, 0.2) is 30.3 Å². The van der Waals surface area contributed by atoms with E-state index in [-0.39, 0.29) is 5.75 Å². The predicted molar refractivity (Wildman–Crippen MR) is 72.2 cm³/mol. The third-order valence-corrected chi connectivity index (χ3v) is 2.69. The molecule has 0 spiro atoms. The fourth-order valence-corrected chi connectivity index (χ4v) is 1.70. The van der Waals surface area contributed by atoms with Crippen molar-refractivity contribution in [3.8, 4) is 17.0 Å². The van der Waals surface area contributed by atoms with E-state index < -0.39 is 0 Å².